The third kappa shape index (κ3) is 5.25. The standard InChI is InChI=1S/C25H24ClN3O2/c26-21-12-5-4-11-20(21)25(30)27-16-15-24-28-22-13-6-7-14-23(22)29(24)17-8-18-31-19-9-2-1-3-10-19/h1-7,9-14H,8,15-18H2,(H,27,30). The number of amides is 1. The molecular weight excluding hydrogens is 410 g/mol. The normalized spacial score (nSPS) is 10.9. The van der Waals surface area contributed by atoms with Crippen LogP contribution in [0.1, 0.15) is 22.6 Å². The van der Waals surface area contributed by atoms with Crippen LogP contribution >= 0.6 is 11.6 Å². The van der Waals surface area contributed by atoms with Gasteiger partial charge >= 0.3 is 0 Å². The van der Waals surface area contributed by atoms with Gasteiger partial charge in [0.2, 0.25) is 0 Å². The lowest BCUT2D eigenvalue weighted by atomic mass is 10.2. The molecule has 0 aliphatic heterocycles. The highest BCUT2D eigenvalue weighted by molar-refractivity contribution is 6.33. The first-order valence-electron chi connectivity index (χ1n) is 10.4. The van der Waals surface area contributed by atoms with Gasteiger partial charge in [0, 0.05) is 19.5 Å². The van der Waals surface area contributed by atoms with Crippen molar-refractivity contribution in [3.05, 3.63) is 95.3 Å². The topological polar surface area (TPSA) is 56.2 Å². The number of ether oxygens (including phenoxy) is 1. The molecule has 0 radical (unpaired) electrons. The van der Waals surface area contributed by atoms with E-state index >= 15 is 0 Å². The highest BCUT2D eigenvalue weighted by Gasteiger charge is 2.12. The zero-order valence-electron chi connectivity index (χ0n) is 17.1. The van der Waals surface area contributed by atoms with Crippen LogP contribution < -0.4 is 10.1 Å². The minimum atomic E-state index is -0.176. The summed E-state index contributed by atoms with van der Waals surface area (Å²) in [6.45, 7) is 1.90. The highest BCUT2D eigenvalue weighted by atomic mass is 35.5. The summed E-state index contributed by atoms with van der Waals surface area (Å²) in [5.41, 5.74) is 2.53. The number of benzene rings is 3. The molecule has 158 valence electrons. The minimum Gasteiger partial charge on any atom is -0.494 e. The number of imidazole rings is 1. The number of hydrogen-bond acceptors (Lipinski definition) is 3. The highest BCUT2D eigenvalue weighted by Crippen LogP contribution is 2.18. The van der Waals surface area contributed by atoms with E-state index in [4.69, 9.17) is 21.3 Å². The summed E-state index contributed by atoms with van der Waals surface area (Å²) in [5, 5.41) is 3.40. The lowest BCUT2D eigenvalue weighted by Crippen LogP contribution is -2.26. The third-order valence-electron chi connectivity index (χ3n) is 5.02. The van der Waals surface area contributed by atoms with Gasteiger partial charge in [0.15, 0.2) is 0 Å². The summed E-state index contributed by atoms with van der Waals surface area (Å²) in [6.07, 6.45) is 1.48. The van der Waals surface area contributed by atoms with Gasteiger partial charge in [-0.1, -0.05) is 54.1 Å². The number of halogens is 1. The fourth-order valence-electron chi connectivity index (χ4n) is 3.52. The van der Waals surface area contributed by atoms with Crippen LogP contribution in [0.5, 0.6) is 5.75 Å². The predicted octanol–water partition coefficient (Wildman–Crippen LogP) is 5.13. The van der Waals surface area contributed by atoms with Gasteiger partial charge in [0.1, 0.15) is 11.6 Å². The second-order valence-corrected chi connectivity index (χ2v) is 7.58. The van der Waals surface area contributed by atoms with E-state index in [2.05, 4.69) is 16.0 Å². The average Bonchev–Trinajstić information content (AvgIpc) is 3.15. The van der Waals surface area contributed by atoms with Gasteiger partial charge < -0.3 is 14.6 Å². The van der Waals surface area contributed by atoms with Crippen molar-refractivity contribution in [3.63, 3.8) is 0 Å². The molecule has 0 saturated heterocycles. The van der Waals surface area contributed by atoms with Crippen molar-refractivity contribution < 1.29 is 9.53 Å². The molecule has 4 aromatic rings. The first-order chi connectivity index (χ1) is 15.2. The second-order valence-electron chi connectivity index (χ2n) is 7.17. The van der Waals surface area contributed by atoms with Crippen molar-refractivity contribution >= 4 is 28.5 Å². The van der Waals surface area contributed by atoms with E-state index in [1.54, 1.807) is 18.2 Å². The number of fused-ring (bicyclic) bond motifs is 1. The molecule has 1 aromatic heterocycles. The molecule has 0 aliphatic carbocycles. The van der Waals surface area contributed by atoms with Crippen LogP contribution in [-0.4, -0.2) is 28.6 Å². The van der Waals surface area contributed by atoms with E-state index in [9.17, 15) is 4.79 Å². The summed E-state index contributed by atoms with van der Waals surface area (Å²) >= 11 is 6.12. The van der Waals surface area contributed by atoms with Crippen LogP contribution in [0.15, 0.2) is 78.9 Å². The molecule has 1 amide bonds. The van der Waals surface area contributed by atoms with Gasteiger partial charge in [0.05, 0.1) is 28.2 Å². The summed E-state index contributed by atoms with van der Waals surface area (Å²) in [6, 6.07) is 25.0. The van der Waals surface area contributed by atoms with Crippen molar-refractivity contribution in [1.82, 2.24) is 14.9 Å². The number of aryl methyl sites for hydroxylation is 1. The number of carbonyl (C=O) groups excluding carboxylic acids is 1. The number of nitrogens with zero attached hydrogens (tertiary/aromatic N) is 2. The molecule has 3 aromatic carbocycles. The van der Waals surface area contributed by atoms with Gasteiger partial charge in [-0.2, -0.15) is 0 Å². The van der Waals surface area contributed by atoms with Crippen LogP contribution in [-0.2, 0) is 13.0 Å². The number of rotatable bonds is 9. The number of para-hydroxylation sites is 3. The molecule has 0 fully saturated rings. The molecule has 5 nitrogen and oxygen atoms in total. The van der Waals surface area contributed by atoms with Crippen LogP contribution in [0.2, 0.25) is 5.02 Å². The van der Waals surface area contributed by atoms with Gasteiger partial charge in [-0.05, 0) is 42.8 Å². The van der Waals surface area contributed by atoms with E-state index in [-0.39, 0.29) is 5.91 Å². The first kappa shape index (κ1) is 20.9. The van der Waals surface area contributed by atoms with E-state index in [0.717, 1.165) is 35.6 Å². The van der Waals surface area contributed by atoms with E-state index in [0.29, 0.717) is 30.2 Å². The van der Waals surface area contributed by atoms with E-state index < -0.39 is 0 Å². The molecule has 1 heterocycles. The van der Waals surface area contributed by atoms with Crippen molar-refractivity contribution in [1.29, 1.82) is 0 Å². The lowest BCUT2D eigenvalue weighted by Gasteiger charge is -2.11. The van der Waals surface area contributed by atoms with Crippen molar-refractivity contribution in [2.45, 2.75) is 19.4 Å². The average molecular weight is 434 g/mol. The fourth-order valence-corrected chi connectivity index (χ4v) is 3.75. The Bertz CT molecular complexity index is 1160. The van der Waals surface area contributed by atoms with Crippen molar-refractivity contribution in [2.75, 3.05) is 13.2 Å². The molecule has 4 rings (SSSR count). The zero-order valence-corrected chi connectivity index (χ0v) is 17.9. The Balaban J connectivity index is 1.39. The smallest absolute Gasteiger partial charge is 0.252 e. The van der Waals surface area contributed by atoms with Crippen LogP contribution in [0.4, 0.5) is 0 Å². The Hall–Kier alpha value is -3.31. The summed E-state index contributed by atoms with van der Waals surface area (Å²) in [4.78, 5) is 17.2. The van der Waals surface area contributed by atoms with E-state index in [1.807, 2.05) is 54.6 Å². The Morgan fingerprint density at radius 1 is 0.968 bits per heavy atom. The van der Waals surface area contributed by atoms with Gasteiger partial charge in [0.25, 0.3) is 5.91 Å². The predicted molar refractivity (Wildman–Crippen MR) is 124 cm³/mol. The quantitative estimate of drug-likeness (QED) is 0.372. The van der Waals surface area contributed by atoms with Crippen LogP contribution in [0, 0.1) is 0 Å². The monoisotopic (exact) mass is 433 g/mol. The number of nitrogens with one attached hydrogen (secondary N) is 1. The minimum absolute atomic E-state index is 0.176. The SMILES string of the molecule is O=C(NCCc1nc2ccccc2n1CCCOc1ccccc1)c1ccccc1Cl. The van der Waals surface area contributed by atoms with Crippen LogP contribution in [0.25, 0.3) is 11.0 Å². The fraction of sp³-hybridized carbons (Fsp3) is 0.200. The Morgan fingerprint density at radius 3 is 2.55 bits per heavy atom. The first-order valence-corrected chi connectivity index (χ1v) is 10.7. The number of aromatic nitrogens is 2. The molecule has 0 aliphatic rings. The van der Waals surface area contributed by atoms with Gasteiger partial charge in [-0.25, -0.2) is 4.98 Å². The Labute approximate surface area is 186 Å². The Kier molecular flexibility index (Phi) is 6.85. The summed E-state index contributed by atoms with van der Waals surface area (Å²) < 4.78 is 8.04. The summed E-state index contributed by atoms with van der Waals surface area (Å²) in [7, 11) is 0. The van der Waals surface area contributed by atoms with Gasteiger partial charge in [-0.3, -0.25) is 4.79 Å². The molecule has 0 unspecified atom stereocenters. The number of carbonyl (C=O) groups is 1. The lowest BCUT2D eigenvalue weighted by molar-refractivity contribution is 0.0954. The molecule has 0 atom stereocenters. The maximum absolute atomic E-state index is 12.4. The van der Waals surface area contributed by atoms with Crippen LogP contribution in [0.3, 0.4) is 0 Å². The molecular formula is C25H24ClN3O2. The van der Waals surface area contributed by atoms with E-state index in [1.165, 1.54) is 0 Å². The maximum Gasteiger partial charge on any atom is 0.252 e. The zero-order chi connectivity index (χ0) is 21.5. The van der Waals surface area contributed by atoms with Crippen molar-refractivity contribution in [2.24, 2.45) is 0 Å². The Morgan fingerprint density at radius 2 is 1.71 bits per heavy atom. The molecule has 0 saturated carbocycles. The third-order valence-corrected chi connectivity index (χ3v) is 5.35. The second kappa shape index (κ2) is 10.1. The molecule has 0 spiro atoms. The van der Waals surface area contributed by atoms with Gasteiger partial charge in [-0.15, -0.1) is 0 Å². The van der Waals surface area contributed by atoms with Crippen molar-refractivity contribution in [3.8, 4) is 5.75 Å². The summed E-state index contributed by atoms with van der Waals surface area (Å²) in [5.74, 6) is 1.64. The number of hydrogen-bond donors (Lipinski definition) is 1. The molecule has 1 N–H and O–H groups in total. The largest absolute Gasteiger partial charge is 0.494 e. The molecule has 0 bridgehead atoms. The maximum atomic E-state index is 12.4. The molecule has 31 heavy (non-hydrogen) atoms. The molecule has 6 heteroatoms.